The van der Waals surface area contributed by atoms with Gasteiger partial charge in [-0.05, 0) is 87.3 Å². The van der Waals surface area contributed by atoms with Gasteiger partial charge in [0.05, 0.1) is 8.07 Å². The lowest BCUT2D eigenvalue weighted by Crippen LogP contribution is -2.47. The van der Waals surface area contributed by atoms with Crippen LogP contribution in [0.4, 0.5) is 0 Å². The molecule has 0 nitrogen and oxygen atoms in total. The first-order chi connectivity index (χ1) is 15.5. The Bertz CT molecular complexity index is 877. The van der Waals surface area contributed by atoms with Gasteiger partial charge < -0.3 is 0 Å². The van der Waals surface area contributed by atoms with E-state index in [2.05, 4.69) is 102 Å². The largest absolute Gasteiger partial charge is 0.130 e. The van der Waals surface area contributed by atoms with Gasteiger partial charge in [-0.15, -0.1) is 11.8 Å². The number of rotatable bonds is 3. The van der Waals surface area contributed by atoms with E-state index in [1.54, 1.807) is 5.56 Å². The number of benzene rings is 1. The quantitative estimate of drug-likeness (QED) is 0.388. The molecule has 3 fully saturated rings. The van der Waals surface area contributed by atoms with Gasteiger partial charge in [0, 0.05) is 5.25 Å². The summed E-state index contributed by atoms with van der Waals surface area (Å²) in [6.45, 7) is 20.5. The first kappa shape index (κ1) is 24.2. The SMILES string of the molecule is CC1CC2C(c3ccc(C(C)(C)C)cc3)CCCC2C1[Si](C)(C)C1C(C)C(C)C2C=CSC21. The molecule has 0 spiro atoms. The number of hydrogen-bond acceptors (Lipinski definition) is 1. The smallest absolute Gasteiger partial charge is 0.0555 e. The van der Waals surface area contributed by atoms with Crippen LogP contribution >= 0.6 is 11.8 Å². The molecule has 0 amide bonds. The zero-order valence-corrected chi connectivity index (χ0v) is 24.3. The van der Waals surface area contributed by atoms with E-state index in [9.17, 15) is 0 Å². The Hall–Kier alpha value is -0.473. The normalized spacial score (nSPS) is 43.0. The molecule has 2 heteroatoms. The van der Waals surface area contributed by atoms with Crippen molar-refractivity contribution in [3.8, 4) is 0 Å². The molecule has 0 bridgehead atoms. The molecule has 10 unspecified atom stereocenters. The molecular weight excluding hydrogens is 432 g/mol. The van der Waals surface area contributed by atoms with E-state index in [4.69, 9.17) is 0 Å². The van der Waals surface area contributed by atoms with E-state index in [1.807, 2.05) is 0 Å². The number of hydrogen-bond donors (Lipinski definition) is 0. The molecule has 4 aliphatic rings. The summed E-state index contributed by atoms with van der Waals surface area (Å²) in [6.07, 6.45) is 8.41. The monoisotopic (exact) mass is 480 g/mol. The lowest BCUT2D eigenvalue weighted by atomic mass is 9.70. The van der Waals surface area contributed by atoms with Crippen molar-refractivity contribution < 1.29 is 0 Å². The Morgan fingerprint density at radius 1 is 0.879 bits per heavy atom. The van der Waals surface area contributed by atoms with Gasteiger partial charge in [-0.3, -0.25) is 0 Å². The molecule has 33 heavy (non-hydrogen) atoms. The fraction of sp³-hybridized carbons (Fsp3) is 0.742. The summed E-state index contributed by atoms with van der Waals surface area (Å²) in [5, 5.41) is 3.33. The van der Waals surface area contributed by atoms with Crippen LogP contribution in [0.2, 0.25) is 24.2 Å². The minimum atomic E-state index is -1.42. The van der Waals surface area contributed by atoms with Crippen molar-refractivity contribution in [3.05, 3.63) is 46.9 Å². The van der Waals surface area contributed by atoms with E-state index >= 15 is 0 Å². The van der Waals surface area contributed by atoms with Crippen LogP contribution in [-0.4, -0.2) is 13.3 Å². The maximum Gasteiger partial charge on any atom is 0.0555 e. The molecule has 1 heterocycles. The van der Waals surface area contributed by atoms with E-state index in [-0.39, 0.29) is 5.41 Å². The molecule has 182 valence electrons. The standard InChI is InChI=1S/C31H48SSi/c1-19-18-27-25(22-12-14-23(15-13-22)31(4,5)6)10-9-11-26(27)29(19)33(7,8)30-21(3)20(2)24-16-17-32-28(24)30/h12-17,19-21,24-30H,9-11,18H2,1-8H3. The Labute approximate surface area is 209 Å². The summed E-state index contributed by atoms with van der Waals surface area (Å²) in [5.74, 6) is 6.21. The summed E-state index contributed by atoms with van der Waals surface area (Å²) in [6, 6.07) is 9.86. The zero-order valence-electron chi connectivity index (χ0n) is 22.5. The fourth-order valence-corrected chi connectivity index (χ4v) is 18.5. The summed E-state index contributed by atoms with van der Waals surface area (Å²) in [7, 11) is -1.42. The van der Waals surface area contributed by atoms with Crippen LogP contribution in [0.1, 0.15) is 84.3 Å². The topological polar surface area (TPSA) is 0 Å². The van der Waals surface area contributed by atoms with Crippen molar-refractivity contribution in [2.75, 3.05) is 0 Å². The predicted molar refractivity (Wildman–Crippen MR) is 150 cm³/mol. The average molecular weight is 481 g/mol. The lowest BCUT2D eigenvalue weighted by molar-refractivity contribution is 0.235. The van der Waals surface area contributed by atoms with Crippen LogP contribution < -0.4 is 0 Å². The molecule has 3 saturated carbocycles. The third kappa shape index (κ3) is 3.94. The van der Waals surface area contributed by atoms with Gasteiger partial charge in [0.2, 0.25) is 0 Å². The van der Waals surface area contributed by atoms with E-state index in [0.29, 0.717) is 0 Å². The van der Waals surface area contributed by atoms with Crippen molar-refractivity contribution in [2.24, 2.45) is 35.5 Å². The molecule has 0 radical (unpaired) electrons. The second-order valence-electron chi connectivity index (χ2n) is 14.0. The van der Waals surface area contributed by atoms with Crippen LogP contribution in [0.25, 0.3) is 0 Å². The van der Waals surface area contributed by atoms with Crippen LogP contribution in [0.5, 0.6) is 0 Å². The molecule has 1 aliphatic heterocycles. The van der Waals surface area contributed by atoms with Crippen molar-refractivity contribution in [2.45, 2.75) is 108 Å². The van der Waals surface area contributed by atoms with Gasteiger partial charge >= 0.3 is 0 Å². The van der Waals surface area contributed by atoms with Crippen molar-refractivity contribution in [1.82, 2.24) is 0 Å². The summed E-state index contributed by atoms with van der Waals surface area (Å²) < 4.78 is 0. The molecule has 10 atom stereocenters. The average Bonchev–Trinajstić information content (AvgIpc) is 3.41. The van der Waals surface area contributed by atoms with Gasteiger partial charge in [-0.25, -0.2) is 0 Å². The lowest BCUT2D eigenvalue weighted by Gasteiger charge is -2.47. The minimum Gasteiger partial charge on any atom is -0.130 e. The van der Waals surface area contributed by atoms with Gasteiger partial charge in [0.15, 0.2) is 0 Å². The second-order valence-corrected chi connectivity index (χ2v) is 20.1. The van der Waals surface area contributed by atoms with E-state index in [0.717, 1.165) is 57.8 Å². The van der Waals surface area contributed by atoms with Crippen molar-refractivity contribution in [3.63, 3.8) is 0 Å². The predicted octanol–water partition coefficient (Wildman–Crippen LogP) is 9.50. The van der Waals surface area contributed by atoms with Crippen LogP contribution in [-0.2, 0) is 5.41 Å². The highest BCUT2D eigenvalue weighted by atomic mass is 32.2. The summed E-state index contributed by atoms with van der Waals surface area (Å²) >= 11 is 2.20. The zero-order chi connectivity index (χ0) is 23.7. The fourth-order valence-electron chi connectivity index (χ4n) is 9.54. The van der Waals surface area contributed by atoms with Crippen LogP contribution in [0, 0.1) is 35.5 Å². The maximum atomic E-state index is 2.83. The molecule has 5 rings (SSSR count). The molecule has 1 aromatic rings. The number of thioether (sulfide) groups is 1. The van der Waals surface area contributed by atoms with Gasteiger partial charge in [0.1, 0.15) is 0 Å². The second kappa shape index (κ2) is 8.58. The molecule has 0 aromatic heterocycles. The molecule has 0 saturated heterocycles. The number of allylic oxidation sites excluding steroid dienone is 1. The van der Waals surface area contributed by atoms with E-state index in [1.165, 1.54) is 31.2 Å². The molecule has 1 aromatic carbocycles. The van der Waals surface area contributed by atoms with Crippen LogP contribution in [0.3, 0.4) is 0 Å². The third-order valence-electron chi connectivity index (χ3n) is 11.0. The summed E-state index contributed by atoms with van der Waals surface area (Å²) in [5.41, 5.74) is 5.36. The maximum absolute atomic E-state index is 2.83. The molecular formula is C31H48SSi. The van der Waals surface area contributed by atoms with E-state index < -0.39 is 8.07 Å². The van der Waals surface area contributed by atoms with Crippen LogP contribution in [0.15, 0.2) is 35.7 Å². The Morgan fingerprint density at radius 3 is 2.24 bits per heavy atom. The Kier molecular flexibility index (Phi) is 6.30. The Balaban J connectivity index is 1.41. The van der Waals surface area contributed by atoms with Crippen molar-refractivity contribution >= 4 is 19.8 Å². The van der Waals surface area contributed by atoms with Gasteiger partial charge in [-0.1, -0.05) is 97.8 Å². The number of fused-ring (bicyclic) bond motifs is 2. The first-order valence-electron chi connectivity index (χ1n) is 13.9. The third-order valence-corrected chi connectivity index (χ3v) is 17.8. The highest BCUT2D eigenvalue weighted by Gasteiger charge is 2.60. The highest BCUT2D eigenvalue weighted by molar-refractivity contribution is 8.03. The highest BCUT2D eigenvalue weighted by Crippen LogP contribution is 2.66. The summed E-state index contributed by atoms with van der Waals surface area (Å²) in [4.78, 5) is 0. The van der Waals surface area contributed by atoms with Gasteiger partial charge in [0.25, 0.3) is 0 Å². The van der Waals surface area contributed by atoms with Crippen molar-refractivity contribution in [1.29, 1.82) is 0 Å². The minimum absolute atomic E-state index is 0.246. The molecule has 3 aliphatic carbocycles. The molecule has 0 N–H and O–H groups in total. The Morgan fingerprint density at radius 2 is 1.58 bits per heavy atom. The first-order valence-corrected chi connectivity index (χ1v) is 18.0. The van der Waals surface area contributed by atoms with Gasteiger partial charge in [-0.2, -0.15) is 0 Å².